The van der Waals surface area contributed by atoms with Gasteiger partial charge in [0.15, 0.2) is 9.84 Å². The van der Waals surface area contributed by atoms with E-state index in [1.165, 1.54) is 0 Å². The fourth-order valence-electron chi connectivity index (χ4n) is 5.63. The lowest BCUT2D eigenvalue weighted by atomic mass is 9.81. The highest BCUT2D eigenvalue weighted by Crippen LogP contribution is 2.43. The van der Waals surface area contributed by atoms with Crippen LogP contribution < -0.4 is 10.6 Å². The van der Waals surface area contributed by atoms with Gasteiger partial charge in [-0.05, 0) is 62.9 Å². The maximum atomic E-state index is 13.4. The van der Waals surface area contributed by atoms with Gasteiger partial charge in [0.2, 0.25) is 0 Å². The summed E-state index contributed by atoms with van der Waals surface area (Å²) in [5.74, 6) is 0.222. The molecule has 2 atom stereocenters. The minimum absolute atomic E-state index is 0.173. The largest absolute Gasteiger partial charge is 0.445 e. The van der Waals surface area contributed by atoms with E-state index in [1.807, 2.05) is 61.5 Å². The van der Waals surface area contributed by atoms with Gasteiger partial charge in [-0.2, -0.15) is 4.99 Å². The van der Waals surface area contributed by atoms with Gasteiger partial charge in [0, 0.05) is 18.2 Å². The van der Waals surface area contributed by atoms with E-state index in [0.29, 0.717) is 25.1 Å². The van der Waals surface area contributed by atoms with Crippen LogP contribution in [0.1, 0.15) is 39.2 Å². The standard InChI is InChI=1S/C31H34N4O5S/c1-21(2)41(38,39)25-15-13-24(14-16-25)26-11-7-8-12-27(26)35-29(36)33-28(32)31(35)17-18-34(22(3)19-31)30(37)40-20-23-9-5-4-6-10-23/h4-16,21-22H,17-20H2,1-3H3,(H2,32,33,36)/t22-,31+/m1/s1. The van der Waals surface area contributed by atoms with E-state index < -0.39 is 32.8 Å². The normalized spacial score (nSPS) is 20.9. The molecule has 2 aliphatic rings. The molecule has 0 aromatic heterocycles. The zero-order valence-corrected chi connectivity index (χ0v) is 24.2. The summed E-state index contributed by atoms with van der Waals surface area (Å²) in [6.45, 7) is 5.72. The molecule has 0 saturated carbocycles. The van der Waals surface area contributed by atoms with Crippen LogP contribution in [0.5, 0.6) is 0 Å². The van der Waals surface area contributed by atoms with Crippen LogP contribution in [0.3, 0.4) is 0 Å². The van der Waals surface area contributed by atoms with E-state index in [9.17, 15) is 18.0 Å². The fraction of sp³-hybridized carbons (Fsp3) is 0.323. The van der Waals surface area contributed by atoms with Crippen molar-refractivity contribution in [3.8, 4) is 11.1 Å². The molecule has 10 heteroatoms. The number of likely N-dealkylation sites (tertiary alicyclic amines) is 1. The molecule has 41 heavy (non-hydrogen) atoms. The number of carbonyl (C=O) groups excluding carboxylic acids is 2. The number of hydrogen-bond donors (Lipinski definition) is 1. The minimum atomic E-state index is -3.42. The lowest BCUT2D eigenvalue weighted by molar-refractivity contribution is 0.0644. The molecule has 3 amide bonds. The first-order valence-corrected chi connectivity index (χ1v) is 15.2. The van der Waals surface area contributed by atoms with Crippen LogP contribution in [-0.4, -0.2) is 54.7 Å². The Labute approximate surface area is 240 Å². The Morgan fingerprint density at radius 3 is 2.37 bits per heavy atom. The van der Waals surface area contributed by atoms with Crippen molar-refractivity contribution < 1.29 is 22.7 Å². The van der Waals surface area contributed by atoms with Crippen LogP contribution in [0, 0.1) is 0 Å². The number of anilines is 1. The SMILES string of the molecule is CC(C)S(=O)(=O)c1ccc(-c2ccccc2N2C(=O)N=C(N)[C@@]23CCN(C(=O)OCc2ccccc2)[C@H](C)C3)cc1. The van der Waals surface area contributed by atoms with Gasteiger partial charge in [-0.3, -0.25) is 4.90 Å². The van der Waals surface area contributed by atoms with Crippen molar-refractivity contribution in [3.63, 3.8) is 0 Å². The molecule has 9 nitrogen and oxygen atoms in total. The quantitative estimate of drug-likeness (QED) is 0.421. The van der Waals surface area contributed by atoms with Crippen LogP contribution >= 0.6 is 0 Å². The number of sulfone groups is 1. The molecule has 1 fully saturated rings. The third-order valence-electron chi connectivity index (χ3n) is 7.94. The van der Waals surface area contributed by atoms with Crippen molar-refractivity contribution in [2.75, 3.05) is 11.4 Å². The second-order valence-electron chi connectivity index (χ2n) is 10.8. The number of piperidine rings is 1. The van der Waals surface area contributed by atoms with Gasteiger partial charge in [0.05, 0.1) is 15.8 Å². The van der Waals surface area contributed by atoms with Crippen LogP contribution in [0.15, 0.2) is 88.8 Å². The second kappa shape index (κ2) is 11.0. The molecule has 2 heterocycles. The third-order valence-corrected chi connectivity index (χ3v) is 10.1. The second-order valence-corrected chi connectivity index (χ2v) is 13.3. The van der Waals surface area contributed by atoms with Crippen molar-refractivity contribution in [1.29, 1.82) is 0 Å². The summed E-state index contributed by atoms with van der Waals surface area (Å²) < 4.78 is 30.8. The van der Waals surface area contributed by atoms with E-state index in [0.717, 1.165) is 16.7 Å². The fourth-order valence-corrected chi connectivity index (χ4v) is 6.69. The van der Waals surface area contributed by atoms with Gasteiger partial charge in [-0.15, -0.1) is 0 Å². The molecule has 0 bridgehead atoms. The Bertz CT molecular complexity index is 1590. The van der Waals surface area contributed by atoms with E-state index >= 15 is 0 Å². The monoisotopic (exact) mass is 574 g/mol. The lowest BCUT2D eigenvalue weighted by Crippen LogP contribution is -2.63. The molecule has 0 aliphatic carbocycles. The highest BCUT2D eigenvalue weighted by atomic mass is 32.2. The predicted molar refractivity (Wildman–Crippen MR) is 158 cm³/mol. The number of hydrogen-bond acceptors (Lipinski definition) is 6. The predicted octanol–water partition coefficient (Wildman–Crippen LogP) is 5.39. The maximum absolute atomic E-state index is 13.4. The topological polar surface area (TPSA) is 122 Å². The summed E-state index contributed by atoms with van der Waals surface area (Å²) in [7, 11) is -3.42. The summed E-state index contributed by atoms with van der Waals surface area (Å²) in [5, 5.41) is -0.536. The molecule has 3 aromatic rings. The van der Waals surface area contributed by atoms with Gasteiger partial charge in [0.25, 0.3) is 0 Å². The average molecular weight is 575 g/mol. The Hall–Kier alpha value is -4.18. The number of urea groups is 1. The number of carbonyl (C=O) groups is 2. The van der Waals surface area contributed by atoms with Crippen LogP contribution in [-0.2, 0) is 21.2 Å². The molecule has 1 saturated heterocycles. The number of nitrogens with zero attached hydrogens (tertiary/aromatic N) is 3. The van der Waals surface area contributed by atoms with Crippen molar-refractivity contribution >= 4 is 33.5 Å². The molecular weight excluding hydrogens is 540 g/mol. The van der Waals surface area contributed by atoms with Crippen molar-refractivity contribution in [2.24, 2.45) is 10.7 Å². The first kappa shape index (κ1) is 28.4. The first-order valence-electron chi connectivity index (χ1n) is 13.6. The average Bonchev–Trinajstić information content (AvgIpc) is 3.19. The van der Waals surface area contributed by atoms with Gasteiger partial charge < -0.3 is 15.4 Å². The molecule has 0 radical (unpaired) electrons. The third kappa shape index (κ3) is 5.19. The van der Waals surface area contributed by atoms with Crippen molar-refractivity contribution in [2.45, 2.75) is 61.9 Å². The number of ether oxygens (including phenoxy) is 1. The Morgan fingerprint density at radius 2 is 1.71 bits per heavy atom. The zero-order chi connectivity index (χ0) is 29.4. The summed E-state index contributed by atoms with van der Waals surface area (Å²) in [6.07, 6.45) is 0.354. The number of amidine groups is 1. The van der Waals surface area contributed by atoms with Crippen molar-refractivity contribution in [3.05, 3.63) is 84.4 Å². The van der Waals surface area contributed by atoms with E-state index in [1.54, 1.807) is 47.9 Å². The molecule has 3 aromatic carbocycles. The lowest BCUT2D eigenvalue weighted by Gasteiger charge is -2.47. The minimum Gasteiger partial charge on any atom is -0.445 e. The van der Waals surface area contributed by atoms with Crippen LogP contribution in [0.4, 0.5) is 15.3 Å². The van der Waals surface area contributed by atoms with Gasteiger partial charge in [-0.25, -0.2) is 18.0 Å². The molecule has 0 unspecified atom stereocenters. The molecule has 214 valence electrons. The Kier molecular flexibility index (Phi) is 7.61. The summed E-state index contributed by atoms with van der Waals surface area (Å²) >= 11 is 0. The summed E-state index contributed by atoms with van der Waals surface area (Å²) in [6, 6.07) is 22.9. The van der Waals surface area contributed by atoms with Crippen LogP contribution in [0.2, 0.25) is 0 Å². The zero-order valence-electron chi connectivity index (χ0n) is 23.4. The smallest absolute Gasteiger partial charge is 0.410 e. The van der Waals surface area contributed by atoms with Gasteiger partial charge in [0.1, 0.15) is 18.0 Å². The van der Waals surface area contributed by atoms with E-state index in [2.05, 4.69) is 4.99 Å². The first-order chi connectivity index (χ1) is 19.5. The molecular formula is C31H34N4O5S. The summed E-state index contributed by atoms with van der Waals surface area (Å²) in [5.41, 5.74) is 8.56. The summed E-state index contributed by atoms with van der Waals surface area (Å²) in [4.78, 5) is 34.1. The van der Waals surface area contributed by atoms with E-state index in [-0.39, 0.29) is 23.4 Å². The molecule has 2 aliphatic heterocycles. The number of rotatable bonds is 6. The molecule has 1 spiro atoms. The molecule has 2 N–H and O–H groups in total. The number of nitrogens with two attached hydrogens (primary N) is 1. The Balaban J connectivity index is 1.41. The highest BCUT2D eigenvalue weighted by molar-refractivity contribution is 7.92. The highest BCUT2D eigenvalue weighted by Gasteiger charge is 2.53. The molecule has 5 rings (SSSR count). The van der Waals surface area contributed by atoms with Crippen molar-refractivity contribution in [1.82, 2.24) is 4.90 Å². The number of para-hydroxylation sites is 1. The van der Waals surface area contributed by atoms with Gasteiger partial charge in [-0.1, -0.05) is 60.7 Å². The number of amides is 3. The maximum Gasteiger partial charge on any atom is 0.410 e. The Morgan fingerprint density at radius 1 is 1.05 bits per heavy atom. The van der Waals surface area contributed by atoms with E-state index in [4.69, 9.17) is 10.5 Å². The number of aliphatic imine (C=N–C) groups is 1. The van der Waals surface area contributed by atoms with Gasteiger partial charge >= 0.3 is 12.1 Å². The number of benzene rings is 3. The van der Waals surface area contributed by atoms with Crippen LogP contribution in [0.25, 0.3) is 11.1 Å².